The van der Waals surface area contributed by atoms with Gasteiger partial charge in [0.1, 0.15) is 0 Å². The van der Waals surface area contributed by atoms with E-state index in [-0.39, 0.29) is 29.0 Å². The van der Waals surface area contributed by atoms with E-state index >= 15 is 0 Å². The standard InChI is InChI=1S/C20H17BrN2O4S/c21-13-5-7-15(8-6-13)23-19(24)17-4-2-1-3-16(17)18(20(23)25)11-22-14-9-10-28(26,27)12-14/h1-8,11,14,25H,9-10,12H2/t14-/m1/s1. The first-order valence-corrected chi connectivity index (χ1v) is 11.3. The molecule has 2 heterocycles. The van der Waals surface area contributed by atoms with Crippen LogP contribution in [0.1, 0.15) is 12.0 Å². The van der Waals surface area contributed by atoms with E-state index in [0.29, 0.717) is 28.4 Å². The normalized spacial score (nSPS) is 18.8. The van der Waals surface area contributed by atoms with Crippen molar-refractivity contribution < 1.29 is 13.5 Å². The zero-order valence-electron chi connectivity index (χ0n) is 14.7. The highest BCUT2D eigenvalue weighted by Gasteiger charge is 2.27. The van der Waals surface area contributed by atoms with E-state index in [1.165, 1.54) is 10.8 Å². The van der Waals surface area contributed by atoms with E-state index < -0.39 is 9.84 Å². The summed E-state index contributed by atoms with van der Waals surface area (Å²) in [6.45, 7) is 0. The number of aromatic nitrogens is 1. The largest absolute Gasteiger partial charge is 0.494 e. The Morgan fingerprint density at radius 3 is 2.43 bits per heavy atom. The molecule has 8 heteroatoms. The van der Waals surface area contributed by atoms with Crippen LogP contribution in [0.5, 0.6) is 5.88 Å². The van der Waals surface area contributed by atoms with E-state index in [1.807, 2.05) is 0 Å². The van der Waals surface area contributed by atoms with Crippen molar-refractivity contribution in [3.63, 3.8) is 0 Å². The molecule has 0 amide bonds. The third-order valence-electron chi connectivity index (χ3n) is 4.81. The molecule has 0 saturated carbocycles. The molecule has 0 bridgehead atoms. The van der Waals surface area contributed by atoms with Crippen molar-refractivity contribution in [3.8, 4) is 11.6 Å². The lowest BCUT2D eigenvalue weighted by Crippen LogP contribution is -2.20. The monoisotopic (exact) mass is 460 g/mol. The number of hydrogen-bond acceptors (Lipinski definition) is 5. The van der Waals surface area contributed by atoms with Crippen LogP contribution in [0.2, 0.25) is 0 Å². The zero-order chi connectivity index (χ0) is 19.9. The van der Waals surface area contributed by atoms with Gasteiger partial charge in [0, 0.05) is 21.5 Å². The number of pyridine rings is 1. The van der Waals surface area contributed by atoms with Gasteiger partial charge in [-0.2, -0.15) is 0 Å². The van der Waals surface area contributed by atoms with Crippen molar-refractivity contribution in [1.82, 2.24) is 4.57 Å². The first kappa shape index (κ1) is 18.9. The van der Waals surface area contributed by atoms with E-state index in [2.05, 4.69) is 20.9 Å². The minimum absolute atomic E-state index is 0.00848. The molecule has 28 heavy (non-hydrogen) atoms. The Hall–Kier alpha value is -2.45. The van der Waals surface area contributed by atoms with Gasteiger partial charge < -0.3 is 5.11 Å². The molecule has 3 aromatic rings. The van der Waals surface area contributed by atoms with Gasteiger partial charge in [0.05, 0.1) is 28.8 Å². The van der Waals surface area contributed by atoms with Gasteiger partial charge in [-0.05, 0) is 36.8 Å². The lowest BCUT2D eigenvalue weighted by molar-refractivity contribution is 0.436. The summed E-state index contributed by atoms with van der Waals surface area (Å²) in [5.41, 5.74) is 0.577. The van der Waals surface area contributed by atoms with Crippen LogP contribution in [0.25, 0.3) is 16.5 Å². The molecular weight excluding hydrogens is 444 g/mol. The molecule has 0 unspecified atom stereocenters. The van der Waals surface area contributed by atoms with Crippen molar-refractivity contribution in [3.05, 3.63) is 68.9 Å². The second kappa shape index (κ2) is 7.18. The fraction of sp³-hybridized carbons (Fsp3) is 0.200. The minimum Gasteiger partial charge on any atom is -0.494 e. The number of hydrogen-bond donors (Lipinski definition) is 1. The molecule has 1 aliphatic heterocycles. The van der Waals surface area contributed by atoms with Crippen LogP contribution in [0, 0.1) is 0 Å². The number of halogens is 1. The molecule has 1 fully saturated rings. The zero-order valence-corrected chi connectivity index (χ0v) is 17.1. The summed E-state index contributed by atoms with van der Waals surface area (Å²) >= 11 is 3.36. The molecule has 1 aromatic heterocycles. The third-order valence-corrected chi connectivity index (χ3v) is 7.09. The smallest absolute Gasteiger partial charge is 0.265 e. The molecule has 144 valence electrons. The fourth-order valence-corrected chi connectivity index (χ4v) is 5.29. The molecule has 6 nitrogen and oxygen atoms in total. The molecule has 2 aromatic carbocycles. The van der Waals surface area contributed by atoms with Crippen LogP contribution >= 0.6 is 15.9 Å². The SMILES string of the molecule is O=c1c2ccccc2c(C=N[C@@H]2CCS(=O)(=O)C2)c(O)n1-c1ccc(Br)cc1. The van der Waals surface area contributed by atoms with Crippen molar-refractivity contribution >= 4 is 42.8 Å². The minimum atomic E-state index is -3.05. The highest BCUT2D eigenvalue weighted by Crippen LogP contribution is 2.27. The summed E-state index contributed by atoms with van der Waals surface area (Å²) in [4.78, 5) is 17.4. The van der Waals surface area contributed by atoms with Gasteiger partial charge in [-0.3, -0.25) is 9.79 Å². The van der Waals surface area contributed by atoms with Crippen molar-refractivity contribution in [1.29, 1.82) is 0 Å². The topological polar surface area (TPSA) is 88.7 Å². The van der Waals surface area contributed by atoms with Gasteiger partial charge in [0.25, 0.3) is 5.56 Å². The van der Waals surface area contributed by atoms with Crippen molar-refractivity contribution in [2.45, 2.75) is 12.5 Å². The number of rotatable bonds is 3. The third kappa shape index (κ3) is 3.49. The molecule has 1 saturated heterocycles. The Labute approximate surface area is 170 Å². The average molecular weight is 461 g/mol. The van der Waals surface area contributed by atoms with E-state index in [4.69, 9.17) is 0 Å². The summed E-state index contributed by atoms with van der Waals surface area (Å²) < 4.78 is 25.4. The molecular formula is C20H17BrN2O4S. The van der Waals surface area contributed by atoms with Crippen LogP contribution in [-0.4, -0.2) is 41.9 Å². The van der Waals surface area contributed by atoms with Gasteiger partial charge >= 0.3 is 0 Å². The van der Waals surface area contributed by atoms with Gasteiger partial charge in [-0.15, -0.1) is 0 Å². The molecule has 0 aliphatic carbocycles. The molecule has 1 atom stereocenters. The number of benzene rings is 2. The Balaban J connectivity index is 1.90. The van der Waals surface area contributed by atoms with Crippen LogP contribution < -0.4 is 5.56 Å². The molecule has 0 radical (unpaired) electrons. The number of sulfone groups is 1. The maximum absolute atomic E-state index is 13.0. The van der Waals surface area contributed by atoms with Crippen LogP contribution in [0.4, 0.5) is 0 Å². The van der Waals surface area contributed by atoms with Crippen LogP contribution in [-0.2, 0) is 9.84 Å². The second-order valence-corrected chi connectivity index (χ2v) is 9.88. The van der Waals surface area contributed by atoms with Gasteiger partial charge in [0.2, 0.25) is 5.88 Å². The Morgan fingerprint density at radius 1 is 1.11 bits per heavy atom. The quantitative estimate of drug-likeness (QED) is 0.608. The summed E-state index contributed by atoms with van der Waals surface area (Å²) in [6.07, 6.45) is 1.95. The van der Waals surface area contributed by atoms with Gasteiger partial charge in [-0.25, -0.2) is 13.0 Å². The highest BCUT2D eigenvalue weighted by molar-refractivity contribution is 9.10. The number of nitrogens with zero attached hydrogens (tertiary/aromatic N) is 2. The Bertz CT molecular complexity index is 1250. The molecule has 0 spiro atoms. The van der Waals surface area contributed by atoms with Gasteiger partial charge in [0.15, 0.2) is 9.84 Å². The predicted octanol–water partition coefficient (Wildman–Crippen LogP) is 3.06. The number of aromatic hydroxyl groups is 1. The first-order chi connectivity index (χ1) is 13.4. The number of aliphatic imine (C=N–C) groups is 1. The summed E-state index contributed by atoms with van der Waals surface area (Å²) in [5, 5.41) is 11.9. The van der Waals surface area contributed by atoms with Crippen LogP contribution in [0.15, 0.2) is 62.8 Å². The van der Waals surface area contributed by atoms with Crippen molar-refractivity contribution in [2.24, 2.45) is 4.99 Å². The molecule has 1 aliphatic rings. The second-order valence-electron chi connectivity index (χ2n) is 6.73. The highest BCUT2D eigenvalue weighted by atomic mass is 79.9. The van der Waals surface area contributed by atoms with E-state index in [9.17, 15) is 18.3 Å². The maximum atomic E-state index is 13.0. The van der Waals surface area contributed by atoms with Crippen LogP contribution in [0.3, 0.4) is 0 Å². The van der Waals surface area contributed by atoms with E-state index in [0.717, 1.165) is 4.47 Å². The fourth-order valence-electron chi connectivity index (χ4n) is 3.39. The number of fused-ring (bicyclic) bond motifs is 1. The predicted molar refractivity (Wildman–Crippen MR) is 114 cm³/mol. The van der Waals surface area contributed by atoms with Crippen molar-refractivity contribution in [2.75, 3.05) is 11.5 Å². The summed E-state index contributed by atoms with van der Waals surface area (Å²) in [7, 11) is -3.05. The average Bonchev–Trinajstić information content (AvgIpc) is 3.02. The molecule has 1 N–H and O–H groups in total. The maximum Gasteiger partial charge on any atom is 0.265 e. The lowest BCUT2D eigenvalue weighted by Gasteiger charge is -2.14. The summed E-state index contributed by atoms with van der Waals surface area (Å²) in [5.74, 6) is -0.0927. The van der Waals surface area contributed by atoms with E-state index in [1.54, 1.807) is 48.5 Å². The summed E-state index contributed by atoms with van der Waals surface area (Å²) in [6, 6.07) is 13.7. The molecule has 4 rings (SSSR count). The Morgan fingerprint density at radius 2 is 1.79 bits per heavy atom. The lowest BCUT2D eigenvalue weighted by atomic mass is 10.1. The Kier molecular flexibility index (Phi) is 4.84. The first-order valence-electron chi connectivity index (χ1n) is 8.72. The van der Waals surface area contributed by atoms with Gasteiger partial charge in [-0.1, -0.05) is 34.1 Å².